The van der Waals surface area contributed by atoms with E-state index in [0.717, 1.165) is 5.56 Å². The van der Waals surface area contributed by atoms with E-state index in [1.165, 1.54) is 0 Å². The summed E-state index contributed by atoms with van der Waals surface area (Å²) < 4.78 is 6.46. The Labute approximate surface area is 136 Å². The number of alkyl halides is 1. The molecule has 21 heavy (non-hydrogen) atoms. The molecule has 0 radical (unpaired) electrons. The molecule has 0 amide bonds. The third-order valence-electron chi connectivity index (χ3n) is 2.75. The van der Waals surface area contributed by atoms with Crippen molar-refractivity contribution in [2.45, 2.75) is 19.3 Å². The van der Waals surface area contributed by atoms with Crippen LogP contribution in [0.2, 0.25) is 10.0 Å². The maximum atomic E-state index is 11.8. The topological polar surface area (TPSA) is 57.0 Å². The van der Waals surface area contributed by atoms with Gasteiger partial charge in [0.25, 0.3) is 0 Å². The van der Waals surface area contributed by atoms with Crippen LogP contribution in [-0.2, 0) is 17.2 Å². The number of halogens is 3. The molecule has 0 saturated heterocycles. The predicted molar refractivity (Wildman–Crippen MR) is 81.1 cm³/mol. The molecule has 8 heteroatoms. The Hall–Kier alpha value is -1.30. The van der Waals surface area contributed by atoms with Gasteiger partial charge >= 0.3 is 5.97 Å². The van der Waals surface area contributed by atoms with Crippen LogP contribution in [0.25, 0.3) is 0 Å². The van der Waals surface area contributed by atoms with Gasteiger partial charge in [-0.2, -0.15) is 0 Å². The summed E-state index contributed by atoms with van der Waals surface area (Å²) in [5.41, 5.74) is 1.50. The minimum atomic E-state index is -0.534. The average Bonchev–Trinajstić information content (AvgIpc) is 2.86. The number of aromatic nitrogens is 3. The summed E-state index contributed by atoms with van der Waals surface area (Å²) in [6.45, 7) is 2.37. The minimum absolute atomic E-state index is 0.0997. The van der Waals surface area contributed by atoms with E-state index >= 15 is 0 Å². The summed E-state index contributed by atoms with van der Waals surface area (Å²) in [5.74, 6) is -0.434. The van der Waals surface area contributed by atoms with Crippen LogP contribution in [0.1, 0.15) is 28.7 Å². The molecule has 0 bridgehead atoms. The molecular formula is C13H12Cl3N3O2. The Balaban J connectivity index is 2.28. The lowest BCUT2D eigenvalue weighted by atomic mass is 10.2. The minimum Gasteiger partial charge on any atom is -0.461 e. The van der Waals surface area contributed by atoms with Gasteiger partial charge in [-0.1, -0.05) is 34.5 Å². The summed E-state index contributed by atoms with van der Waals surface area (Å²) in [5, 5.41) is 8.71. The number of benzene rings is 1. The Morgan fingerprint density at radius 2 is 2.10 bits per heavy atom. The van der Waals surface area contributed by atoms with Crippen LogP contribution in [0.15, 0.2) is 18.2 Å². The maximum absolute atomic E-state index is 11.8. The van der Waals surface area contributed by atoms with Gasteiger partial charge in [0.15, 0.2) is 5.69 Å². The first-order valence-electron chi connectivity index (χ1n) is 6.16. The number of hydrogen-bond donors (Lipinski definition) is 0. The molecule has 2 aromatic rings. The molecule has 112 valence electrons. The zero-order valence-electron chi connectivity index (χ0n) is 11.1. The summed E-state index contributed by atoms with van der Waals surface area (Å²) >= 11 is 17.7. The molecule has 1 aromatic carbocycles. The predicted octanol–water partition coefficient (Wildman–Crippen LogP) is 3.55. The molecule has 1 aromatic heterocycles. The lowest BCUT2D eigenvalue weighted by Gasteiger charge is -2.06. The summed E-state index contributed by atoms with van der Waals surface area (Å²) in [7, 11) is 0. The van der Waals surface area contributed by atoms with Crippen LogP contribution >= 0.6 is 34.8 Å². The van der Waals surface area contributed by atoms with E-state index in [9.17, 15) is 4.79 Å². The Kier molecular flexibility index (Phi) is 5.45. The highest BCUT2D eigenvalue weighted by Gasteiger charge is 2.20. The van der Waals surface area contributed by atoms with E-state index < -0.39 is 5.97 Å². The molecule has 0 spiro atoms. The van der Waals surface area contributed by atoms with Gasteiger partial charge in [-0.25, -0.2) is 9.48 Å². The van der Waals surface area contributed by atoms with Gasteiger partial charge in [0.1, 0.15) is 0 Å². The van der Waals surface area contributed by atoms with E-state index in [4.69, 9.17) is 39.5 Å². The first kappa shape index (κ1) is 16.1. The highest BCUT2D eigenvalue weighted by atomic mass is 35.5. The fourth-order valence-corrected chi connectivity index (χ4v) is 2.35. The van der Waals surface area contributed by atoms with E-state index in [1.54, 1.807) is 23.7 Å². The summed E-state index contributed by atoms with van der Waals surface area (Å²) in [6, 6.07) is 5.24. The van der Waals surface area contributed by atoms with Gasteiger partial charge in [-0.05, 0) is 24.6 Å². The summed E-state index contributed by atoms with van der Waals surface area (Å²) in [4.78, 5) is 11.8. The zero-order valence-corrected chi connectivity index (χ0v) is 13.4. The number of carbonyl (C=O) groups excluding carboxylic acids is 1. The molecule has 0 saturated carbocycles. The molecule has 0 aliphatic heterocycles. The number of rotatable bonds is 5. The van der Waals surface area contributed by atoms with E-state index in [2.05, 4.69) is 10.3 Å². The van der Waals surface area contributed by atoms with E-state index in [0.29, 0.717) is 22.3 Å². The zero-order chi connectivity index (χ0) is 15.4. The average molecular weight is 349 g/mol. The molecule has 0 aliphatic carbocycles. The molecular weight excluding hydrogens is 337 g/mol. The normalized spacial score (nSPS) is 10.7. The van der Waals surface area contributed by atoms with Crippen LogP contribution < -0.4 is 0 Å². The van der Waals surface area contributed by atoms with Crippen LogP contribution in [0.4, 0.5) is 0 Å². The molecule has 0 atom stereocenters. The van der Waals surface area contributed by atoms with Crippen molar-refractivity contribution in [2.75, 3.05) is 6.61 Å². The second kappa shape index (κ2) is 7.11. The molecule has 5 nitrogen and oxygen atoms in total. The second-order valence-electron chi connectivity index (χ2n) is 4.14. The number of esters is 1. The maximum Gasteiger partial charge on any atom is 0.360 e. The quantitative estimate of drug-likeness (QED) is 0.612. The first-order chi connectivity index (χ1) is 10.1. The van der Waals surface area contributed by atoms with Crippen molar-refractivity contribution < 1.29 is 9.53 Å². The number of hydrogen-bond acceptors (Lipinski definition) is 4. The number of nitrogens with zero attached hydrogens (tertiary/aromatic N) is 3. The van der Waals surface area contributed by atoms with Crippen molar-refractivity contribution in [3.8, 4) is 0 Å². The van der Waals surface area contributed by atoms with Crippen LogP contribution in [0.3, 0.4) is 0 Å². The first-order valence-corrected chi connectivity index (χ1v) is 7.45. The molecule has 0 aliphatic rings. The Morgan fingerprint density at radius 3 is 2.71 bits per heavy atom. The van der Waals surface area contributed by atoms with Gasteiger partial charge in [0.2, 0.25) is 0 Å². The van der Waals surface area contributed by atoms with Gasteiger partial charge in [0, 0.05) is 0 Å². The monoisotopic (exact) mass is 347 g/mol. The molecule has 0 fully saturated rings. The van der Waals surface area contributed by atoms with Crippen molar-refractivity contribution >= 4 is 40.8 Å². The lowest BCUT2D eigenvalue weighted by molar-refractivity contribution is 0.0518. The van der Waals surface area contributed by atoms with Gasteiger partial charge in [-0.3, -0.25) is 0 Å². The lowest BCUT2D eigenvalue weighted by Crippen LogP contribution is -2.10. The number of ether oxygens (including phenoxy) is 1. The standard InChI is InChI=1S/C13H12Cl3N3O2/c1-2-21-13(20)12-11(6-14)19(18-17-12)7-8-3-4-9(15)10(16)5-8/h3-5H,2,6-7H2,1H3. The van der Waals surface area contributed by atoms with Gasteiger partial charge in [0.05, 0.1) is 34.8 Å². The molecule has 0 unspecified atom stereocenters. The highest BCUT2D eigenvalue weighted by molar-refractivity contribution is 6.42. The highest BCUT2D eigenvalue weighted by Crippen LogP contribution is 2.23. The van der Waals surface area contributed by atoms with Gasteiger partial charge < -0.3 is 4.74 Å². The number of carbonyl (C=O) groups is 1. The van der Waals surface area contributed by atoms with Crippen LogP contribution in [0, 0.1) is 0 Å². The largest absolute Gasteiger partial charge is 0.461 e. The second-order valence-corrected chi connectivity index (χ2v) is 5.23. The fourth-order valence-electron chi connectivity index (χ4n) is 1.76. The molecule has 0 N–H and O–H groups in total. The Morgan fingerprint density at radius 1 is 1.33 bits per heavy atom. The SMILES string of the molecule is CCOC(=O)c1nnn(Cc2ccc(Cl)c(Cl)c2)c1CCl. The van der Waals surface area contributed by atoms with Crippen molar-refractivity contribution in [3.63, 3.8) is 0 Å². The van der Waals surface area contributed by atoms with E-state index in [-0.39, 0.29) is 18.2 Å². The van der Waals surface area contributed by atoms with E-state index in [1.807, 2.05) is 6.07 Å². The van der Waals surface area contributed by atoms with Crippen molar-refractivity contribution in [2.24, 2.45) is 0 Å². The summed E-state index contributed by atoms with van der Waals surface area (Å²) in [6.07, 6.45) is 0. The fraction of sp³-hybridized carbons (Fsp3) is 0.308. The smallest absolute Gasteiger partial charge is 0.360 e. The van der Waals surface area contributed by atoms with Crippen molar-refractivity contribution in [1.29, 1.82) is 0 Å². The van der Waals surface area contributed by atoms with Crippen LogP contribution in [0.5, 0.6) is 0 Å². The third kappa shape index (κ3) is 3.67. The van der Waals surface area contributed by atoms with Gasteiger partial charge in [-0.15, -0.1) is 16.7 Å². The van der Waals surface area contributed by atoms with Crippen molar-refractivity contribution in [1.82, 2.24) is 15.0 Å². The van der Waals surface area contributed by atoms with Crippen LogP contribution in [-0.4, -0.2) is 27.6 Å². The molecule has 1 heterocycles. The van der Waals surface area contributed by atoms with Crippen molar-refractivity contribution in [3.05, 3.63) is 45.2 Å². The third-order valence-corrected chi connectivity index (χ3v) is 3.74. The molecule has 2 rings (SSSR count). The Bertz CT molecular complexity index is 658.